The van der Waals surface area contributed by atoms with Gasteiger partial charge in [-0.25, -0.2) is 4.39 Å². The SMILES string of the molecule is Cc1cc(NCc2cccc(F)c2)c2ccccc2n1. The van der Waals surface area contributed by atoms with Crippen LogP contribution in [0.5, 0.6) is 0 Å². The largest absolute Gasteiger partial charge is 0.380 e. The molecule has 0 aliphatic heterocycles. The maximum absolute atomic E-state index is 13.2. The van der Waals surface area contributed by atoms with Crippen molar-refractivity contribution in [2.45, 2.75) is 13.5 Å². The molecule has 20 heavy (non-hydrogen) atoms. The molecule has 0 spiro atoms. The van der Waals surface area contributed by atoms with Gasteiger partial charge in [0.25, 0.3) is 0 Å². The smallest absolute Gasteiger partial charge is 0.123 e. The summed E-state index contributed by atoms with van der Waals surface area (Å²) in [6.45, 7) is 2.56. The summed E-state index contributed by atoms with van der Waals surface area (Å²) in [4.78, 5) is 4.51. The number of hydrogen-bond acceptors (Lipinski definition) is 2. The van der Waals surface area contributed by atoms with E-state index >= 15 is 0 Å². The second-order valence-corrected chi connectivity index (χ2v) is 4.81. The number of pyridine rings is 1. The predicted molar refractivity (Wildman–Crippen MR) is 80.2 cm³/mol. The van der Waals surface area contributed by atoms with Crippen LogP contribution in [-0.2, 0) is 6.54 Å². The number of halogens is 1. The van der Waals surface area contributed by atoms with E-state index in [-0.39, 0.29) is 5.82 Å². The zero-order valence-electron chi connectivity index (χ0n) is 11.2. The lowest BCUT2D eigenvalue weighted by atomic mass is 10.1. The highest BCUT2D eigenvalue weighted by atomic mass is 19.1. The molecule has 0 atom stereocenters. The standard InChI is InChI=1S/C17H15FN2/c1-12-9-17(15-7-2-3-8-16(15)20-12)19-11-13-5-4-6-14(18)10-13/h2-10H,11H2,1H3,(H,19,20). The highest BCUT2D eigenvalue weighted by Gasteiger charge is 2.03. The fourth-order valence-corrected chi connectivity index (χ4v) is 2.30. The molecule has 0 radical (unpaired) electrons. The van der Waals surface area contributed by atoms with Crippen molar-refractivity contribution in [3.8, 4) is 0 Å². The van der Waals surface area contributed by atoms with E-state index in [2.05, 4.69) is 10.3 Å². The van der Waals surface area contributed by atoms with Crippen molar-refractivity contribution in [1.82, 2.24) is 4.98 Å². The Morgan fingerprint density at radius 3 is 2.75 bits per heavy atom. The highest BCUT2D eigenvalue weighted by Crippen LogP contribution is 2.23. The van der Waals surface area contributed by atoms with Crippen molar-refractivity contribution in [2.24, 2.45) is 0 Å². The first-order valence-corrected chi connectivity index (χ1v) is 6.57. The van der Waals surface area contributed by atoms with Crippen molar-refractivity contribution in [1.29, 1.82) is 0 Å². The Balaban J connectivity index is 1.91. The molecular weight excluding hydrogens is 251 g/mol. The van der Waals surface area contributed by atoms with Crippen LogP contribution >= 0.6 is 0 Å². The van der Waals surface area contributed by atoms with Gasteiger partial charge < -0.3 is 5.32 Å². The van der Waals surface area contributed by atoms with E-state index in [0.29, 0.717) is 6.54 Å². The monoisotopic (exact) mass is 266 g/mol. The van der Waals surface area contributed by atoms with E-state index in [1.54, 1.807) is 12.1 Å². The van der Waals surface area contributed by atoms with Gasteiger partial charge in [0.2, 0.25) is 0 Å². The molecule has 0 saturated carbocycles. The fraction of sp³-hybridized carbons (Fsp3) is 0.118. The van der Waals surface area contributed by atoms with Crippen molar-refractivity contribution >= 4 is 16.6 Å². The minimum Gasteiger partial charge on any atom is -0.380 e. The van der Waals surface area contributed by atoms with Crippen LogP contribution in [0.15, 0.2) is 54.6 Å². The van der Waals surface area contributed by atoms with Crippen molar-refractivity contribution in [2.75, 3.05) is 5.32 Å². The average Bonchev–Trinajstić information content (AvgIpc) is 2.44. The molecule has 0 fully saturated rings. The number of hydrogen-bond donors (Lipinski definition) is 1. The third-order valence-corrected chi connectivity index (χ3v) is 3.22. The first-order chi connectivity index (χ1) is 9.72. The van der Waals surface area contributed by atoms with Crippen LogP contribution in [-0.4, -0.2) is 4.98 Å². The Morgan fingerprint density at radius 1 is 1.05 bits per heavy atom. The van der Waals surface area contributed by atoms with Gasteiger partial charge in [-0.1, -0.05) is 30.3 Å². The molecule has 1 aromatic heterocycles. The lowest BCUT2D eigenvalue weighted by molar-refractivity contribution is 0.626. The summed E-state index contributed by atoms with van der Waals surface area (Å²) in [5.74, 6) is -0.208. The number of nitrogens with one attached hydrogen (secondary N) is 1. The van der Waals surface area contributed by atoms with Gasteiger partial charge in [-0.3, -0.25) is 4.98 Å². The third-order valence-electron chi connectivity index (χ3n) is 3.22. The van der Waals surface area contributed by atoms with Gasteiger partial charge in [0.05, 0.1) is 5.52 Å². The van der Waals surface area contributed by atoms with Crippen LogP contribution in [0, 0.1) is 12.7 Å². The molecule has 0 aliphatic rings. The summed E-state index contributed by atoms with van der Waals surface area (Å²) < 4.78 is 13.2. The number of aromatic nitrogens is 1. The molecule has 2 nitrogen and oxygen atoms in total. The van der Waals surface area contributed by atoms with Gasteiger partial charge in [-0.2, -0.15) is 0 Å². The summed E-state index contributed by atoms with van der Waals surface area (Å²) in [7, 11) is 0. The Hall–Kier alpha value is -2.42. The summed E-state index contributed by atoms with van der Waals surface area (Å²) >= 11 is 0. The van der Waals surface area contributed by atoms with Gasteiger partial charge in [0, 0.05) is 23.3 Å². The maximum atomic E-state index is 13.2. The van der Waals surface area contributed by atoms with Gasteiger partial charge in [-0.05, 0) is 36.8 Å². The number of rotatable bonds is 3. The van der Waals surface area contributed by atoms with E-state index in [9.17, 15) is 4.39 Å². The Kier molecular flexibility index (Phi) is 3.33. The molecule has 3 rings (SSSR count). The predicted octanol–water partition coefficient (Wildman–Crippen LogP) is 4.29. The lowest BCUT2D eigenvalue weighted by Crippen LogP contribution is -2.01. The second-order valence-electron chi connectivity index (χ2n) is 4.81. The zero-order valence-corrected chi connectivity index (χ0v) is 11.2. The van der Waals surface area contributed by atoms with Crippen molar-refractivity contribution < 1.29 is 4.39 Å². The number of benzene rings is 2. The summed E-state index contributed by atoms with van der Waals surface area (Å²) in [6, 6.07) is 16.7. The quantitative estimate of drug-likeness (QED) is 0.764. The average molecular weight is 266 g/mol. The van der Waals surface area contributed by atoms with E-state index in [1.807, 2.05) is 43.3 Å². The van der Waals surface area contributed by atoms with Crippen LogP contribution in [0.3, 0.4) is 0 Å². The molecule has 0 saturated heterocycles. The van der Waals surface area contributed by atoms with E-state index in [1.165, 1.54) is 6.07 Å². The molecule has 0 aliphatic carbocycles. The number of aryl methyl sites for hydroxylation is 1. The second kappa shape index (κ2) is 5.29. The minimum absolute atomic E-state index is 0.208. The van der Waals surface area contributed by atoms with Gasteiger partial charge >= 0.3 is 0 Å². The van der Waals surface area contributed by atoms with Gasteiger partial charge in [0.1, 0.15) is 5.82 Å². The van der Waals surface area contributed by atoms with Gasteiger partial charge in [-0.15, -0.1) is 0 Å². The van der Waals surface area contributed by atoms with E-state index in [0.717, 1.165) is 27.8 Å². The number of anilines is 1. The van der Waals surface area contributed by atoms with Crippen molar-refractivity contribution in [3.05, 3.63) is 71.7 Å². The van der Waals surface area contributed by atoms with E-state index < -0.39 is 0 Å². The van der Waals surface area contributed by atoms with Crippen molar-refractivity contribution in [3.63, 3.8) is 0 Å². The van der Waals surface area contributed by atoms with Crippen LogP contribution in [0.4, 0.5) is 10.1 Å². The van der Waals surface area contributed by atoms with E-state index in [4.69, 9.17) is 0 Å². The summed E-state index contributed by atoms with van der Waals surface area (Å²) in [6.07, 6.45) is 0. The minimum atomic E-state index is -0.208. The fourth-order valence-electron chi connectivity index (χ4n) is 2.30. The highest BCUT2D eigenvalue weighted by molar-refractivity contribution is 5.91. The van der Waals surface area contributed by atoms with Crippen LogP contribution in [0.1, 0.15) is 11.3 Å². The van der Waals surface area contributed by atoms with Crippen LogP contribution in [0.2, 0.25) is 0 Å². The molecule has 3 aromatic rings. The molecule has 0 unspecified atom stereocenters. The Bertz CT molecular complexity index is 753. The third kappa shape index (κ3) is 2.62. The van der Waals surface area contributed by atoms with Crippen LogP contribution < -0.4 is 5.32 Å². The first kappa shape index (κ1) is 12.6. The molecule has 100 valence electrons. The number of fused-ring (bicyclic) bond motifs is 1. The topological polar surface area (TPSA) is 24.9 Å². The molecule has 0 amide bonds. The zero-order chi connectivity index (χ0) is 13.9. The molecule has 0 bridgehead atoms. The molecule has 1 heterocycles. The Labute approximate surface area is 117 Å². The van der Waals surface area contributed by atoms with Crippen LogP contribution in [0.25, 0.3) is 10.9 Å². The molecule has 3 heteroatoms. The molecule has 2 aromatic carbocycles. The molecular formula is C17H15FN2. The number of para-hydroxylation sites is 1. The summed E-state index contributed by atoms with van der Waals surface area (Å²) in [5.41, 5.74) is 3.88. The Morgan fingerprint density at radius 2 is 1.90 bits per heavy atom. The van der Waals surface area contributed by atoms with Gasteiger partial charge in [0.15, 0.2) is 0 Å². The normalized spacial score (nSPS) is 10.7. The molecule has 1 N–H and O–H groups in total. The maximum Gasteiger partial charge on any atom is 0.123 e. The number of nitrogens with zero attached hydrogens (tertiary/aromatic N) is 1. The first-order valence-electron chi connectivity index (χ1n) is 6.57. The summed E-state index contributed by atoms with van der Waals surface area (Å²) in [5, 5.41) is 4.44. The lowest BCUT2D eigenvalue weighted by Gasteiger charge is -2.11.